The molecule has 0 radical (unpaired) electrons. The molecular formula is C14H16FNO2S. The van der Waals surface area contributed by atoms with Gasteiger partial charge in [0.25, 0.3) is 0 Å². The van der Waals surface area contributed by atoms with Crippen molar-refractivity contribution in [3.05, 3.63) is 41.7 Å². The van der Waals surface area contributed by atoms with Gasteiger partial charge in [0.2, 0.25) is 10.0 Å². The van der Waals surface area contributed by atoms with Crippen LogP contribution >= 0.6 is 0 Å². The van der Waals surface area contributed by atoms with Gasteiger partial charge < -0.3 is 0 Å². The summed E-state index contributed by atoms with van der Waals surface area (Å²) in [7, 11) is -3.53. The van der Waals surface area contributed by atoms with Crippen molar-refractivity contribution in [3.8, 4) is 0 Å². The molecule has 3 rings (SSSR count). The molecule has 2 atom stereocenters. The lowest BCUT2D eigenvalue weighted by Crippen LogP contribution is -2.42. The minimum Gasteiger partial charge on any atom is -0.207 e. The van der Waals surface area contributed by atoms with Gasteiger partial charge in [-0.05, 0) is 49.9 Å². The van der Waals surface area contributed by atoms with Crippen LogP contribution in [0.4, 0.5) is 4.39 Å². The van der Waals surface area contributed by atoms with Gasteiger partial charge in [-0.1, -0.05) is 12.2 Å². The summed E-state index contributed by atoms with van der Waals surface area (Å²) < 4.78 is 40.2. The number of sulfonamides is 1. The first-order valence-electron chi connectivity index (χ1n) is 6.46. The minimum absolute atomic E-state index is 0.0341. The standard InChI is InChI=1S/C14H16FNO2S/c1-10-9-11(15)5-8-14(10)19(17,18)16-12-3-2-4-13(16)7-6-12/h2-3,5,8-9,12-13H,4,6-7H2,1H3. The number of rotatable bonds is 2. The third kappa shape index (κ3) is 2.01. The highest BCUT2D eigenvalue weighted by molar-refractivity contribution is 7.89. The summed E-state index contributed by atoms with van der Waals surface area (Å²) in [6, 6.07) is 3.88. The molecular weight excluding hydrogens is 265 g/mol. The van der Waals surface area contributed by atoms with Crippen LogP contribution in [0.1, 0.15) is 24.8 Å². The molecule has 0 spiro atoms. The molecule has 19 heavy (non-hydrogen) atoms. The summed E-state index contributed by atoms with van der Waals surface area (Å²) in [5.41, 5.74) is 0.467. The predicted molar refractivity (Wildman–Crippen MR) is 70.7 cm³/mol. The summed E-state index contributed by atoms with van der Waals surface area (Å²) in [6.45, 7) is 1.64. The van der Waals surface area contributed by atoms with E-state index in [9.17, 15) is 12.8 Å². The van der Waals surface area contributed by atoms with Crippen molar-refractivity contribution in [1.82, 2.24) is 4.31 Å². The molecule has 2 aliphatic heterocycles. The van der Waals surface area contributed by atoms with Crippen LogP contribution in [0.25, 0.3) is 0 Å². The Labute approximate surface area is 112 Å². The van der Waals surface area contributed by atoms with Crippen LogP contribution in [-0.4, -0.2) is 24.8 Å². The maximum Gasteiger partial charge on any atom is 0.244 e. The maximum atomic E-state index is 13.1. The fraction of sp³-hybridized carbons (Fsp3) is 0.429. The summed E-state index contributed by atoms with van der Waals surface area (Å²) in [5.74, 6) is -0.405. The Morgan fingerprint density at radius 1 is 1.32 bits per heavy atom. The molecule has 5 heteroatoms. The Kier molecular flexibility index (Phi) is 2.98. The molecule has 102 valence electrons. The Balaban J connectivity index is 2.06. The van der Waals surface area contributed by atoms with E-state index in [-0.39, 0.29) is 17.0 Å². The third-order valence-corrected chi connectivity index (χ3v) is 6.08. The summed E-state index contributed by atoms with van der Waals surface area (Å²) in [4.78, 5) is 0.223. The fourth-order valence-corrected chi connectivity index (χ4v) is 5.12. The van der Waals surface area contributed by atoms with Crippen LogP contribution < -0.4 is 0 Å². The van der Waals surface area contributed by atoms with E-state index in [1.54, 1.807) is 11.2 Å². The Morgan fingerprint density at radius 3 is 2.79 bits per heavy atom. The van der Waals surface area contributed by atoms with Crippen molar-refractivity contribution in [3.63, 3.8) is 0 Å². The predicted octanol–water partition coefficient (Wildman–Crippen LogP) is 2.62. The highest BCUT2D eigenvalue weighted by atomic mass is 32.2. The van der Waals surface area contributed by atoms with E-state index in [2.05, 4.69) is 6.08 Å². The zero-order valence-electron chi connectivity index (χ0n) is 10.7. The summed E-state index contributed by atoms with van der Waals surface area (Å²) >= 11 is 0. The van der Waals surface area contributed by atoms with Crippen molar-refractivity contribution in [2.45, 2.75) is 43.2 Å². The molecule has 3 nitrogen and oxygen atoms in total. The van der Waals surface area contributed by atoms with Gasteiger partial charge in [0.1, 0.15) is 5.82 Å². The Bertz CT molecular complexity index is 639. The van der Waals surface area contributed by atoms with Gasteiger partial charge in [0.05, 0.1) is 4.90 Å². The van der Waals surface area contributed by atoms with Gasteiger partial charge in [-0.25, -0.2) is 12.8 Å². The van der Waals surface area contributed by atoms with Gasteiger partial charge >= 0.3 is 0 Å². The van der Waals surface area contributed by atoms with Crippen molar-refractivity contribution < 1.29 is 12.8 Å². The quantitative estimate of drug-likeness (QED) is 0.781. The molecule has 2 heterocycles. The minimum atomic E-state index is -3.53. The smallest absolute Gasteiger partial charge is 0.207 e. The van der Waals surface area contributed by atoms with Crippen molar-refractivity contribution in [1.29, 1.82) is 0 Å². The molecule has 0 aromatic heterocycles. The van der Waals surface area contributed by atoms with Gasteiger partial charge in [-0.15, -0.1) is 0 Å². The van der Waals surface area contributed by atoms with E-state index in [1.165, 1.54) is 18.2 Å². The fourth-order valence-electron chi connectivity index (χ4n) is 3.07. The zero-order valence-corrected chi connectivity index (χ0v) is 11.5. The van der Waals surface area contributed by atoms with Crippen LogP contribution in [0, 0.1) is 12.7 Å². The largest absolute Gasteiger partial charge is 0.244 e. The van der Waals surface area contributed by atoms with Gasteiger partial charge in [0, 0.05) is 12.1 Å². The molecule has 0 saturated carbocycles. The van der Waals surface area contributed by atoms with E-state index in [0.717, 1.165) is 19.3 Å². The summed E-state index contributed by atoms with van der Waals surface area (Å²) in [5, 5.41) is 0. The number of hydrogen-bond acceptors (Lipinski definition) is 2. The van der Waals surface area contributed by atoms with Crippen molar-refractivity contribution >= 4 is 10.0 Å². The first-order chi connectivity index (χ1) is 9.00. The second-order valence-electron chi connectivity index (χ2n) is 5.21. The monoisotopic (exact) mass is 281 g/mol. The molecule has 1 aromatic rings. The molecule has 0 aliphatic carbocycles. The van der Waals surface area contributed by atoms with Gasteiger partial charge in [-0.2, -0.15) is 4.31 Å². The Morgan fingerprint density at radius 2 is 2.11 bits per heavy atom. The number of hydrogen-bond donors (Lipinski definition) is 0. The SMILES string of the molecule is Cc1cc(F)ccc1S(=O)(=O)N1C2C=CCC1CC2. The van der Waals surface area contributed by atoms with Crippen molar-refractivity contribution in [2.24, 2.45) is 0 Å². The average Bonchev–Trinajstić information content (AvgIpc) is 2.61. The highest BCUT2D eigenvalue weighted by Gasteiger charge is 2.42. The van der Waals surface area contributed by atoms with Crippen LogP contribution in [-0.2, 0) is 10.0 Å². The molecule has 0 N–H and O–H groups in total. The highest BCUT2D eigenvalue weighted by Crippen LogP contribution is 2.37. The second kappa shape index (κ2) is 4.42. The number of fused-ring (bicyclic) bond motifs is 2. The molecule has 1 fully saturated rings. The maximum absolute atomic E-state index is 13.1. The third-order valence-electron chi connectivity index (χ3n) is 3.94. The van der Waals surface area contributed by atoms with Crippen LogP contribution in [0.2, 0.25) is 0 Å². The van der Waals surface area contributed by atoms with Crippen LogP contribution in [0.5, 0.6) is 0 Å². The van der Waals surface area contributed by atoms with Gasteiger partial charge in [0.15, 0.2) is 0 Å². The van der Waals surface area contributed by atoms with Crippen molar-refractivity contribution in [2.75, 3.05) is 0 Å². The molecule has 2 unspecified atom stereocenters. The number of benzene rings is 1. The average molecular weight is 281 g/mol. The zero-order chi connectivity index (χ0) is 13.6. The molecule has 0 amide bonds. The van der Waals surface area contributed by atoms with Crippen LogP contribution in [0.3, 0.4) is 0 Å². The number of nitrogens with zero attached hydrogens (tertiary/aromatic N) is 1. The lowest BCUT2D eigenvalue weighted by atomic mass is 10.2. The molecule has 2 aliphatic rings. The first kappa shape index (κ1) is 12.8. The van der Waals surface area contributed by atoms with E-state index in [4.69, 9.17) is 0 Å². The number of halogens is 1. The van der Waals surface area contributed by atoms with E-state index in [1.807, 2.05) is 6.08 Å². The Hall–Kier alpha value is -1.20. The number of aryl methyl sites for hydroxylation is 1. The lowest BCUT2D eigenvalue weighted by Gasteiger charge is -2.30. The van der Waals surface area contributed by atoms with E-state index < -0.39 is 15.8 Å². The molecule has 1 aromatic carbocycles. The second-order valence-corrected chi connectivity index (χ2v) is 7.02. The molecule has 2 bridgehead atoms. The first-order valence-corrected chi connectivity index (χ1v) is 7.90. The van der Waals surface area contributed by atoms with Gasteiger partial charge in [-0.3, -0.25) is 0 Å². The van der Waals surface area contributed by atoms with Crippen LogP contribution in [0.15, 0.2) is 35.2 Å². The summed E-state index contributed by atoms with van der Waals surface area (Å²) in [6.07, 6.45) is 6.58. The molecule has 1 saturated heterocycles. The normalized spacial score (nSPS) is 26.8. The lowest BCUT2D eigenvalue weighted by molar-refractivity contribution is 0.341. The van der Waals surface area contributed by atoms with E-state index in [0.29, 0.717) is 5.56 Å². The topological polar surface area (TPSA) is 37.4 Å². The van der Waals surface area contributed by atoms with E-state index >= 15 is 0 Å².